The Morgan fingerprint density at radius 3 is 2.59 bits per heavy atom. The summed E-state index contributed by atoms with van der Waals surface area (Å²) in [4.78, 5) is 38.3. The van der Waals surface area contributed by atoms with Crippen molar-refractivity contribution in [3.8, 4) is 0 Å². The molecule has 0 saturated carbocycles. The predicted octanol–water partition coefficient (Wildman–Crippen LogP) is 2.24. The van der Waals surface area contributed by atoms with E-state index in [1.165, 1.54) is 24.0 Å². The summed E-state index contributed by atoms with van der Waals surface area (Å²) in [5, 5.41) is 2.50. The Morgan fingerprint density at radius 1 is 1.09 bits per heavy atom. The van der Waals surface area contributed by atoms with Crippen LogP contribution in [0.3, 0.4) is 0 Å². The van der Waals surface area contributed by atoms with Crippen molar-refractivity contribution >= 4 is 17.9 Å². The van der Waals surface area contributed by atoms with Gasteiger partial charge in [0.2, 0.25) is 0 Å². The number of nitrogens with one attached hydrogen (secondary N) is 1. The number of urea groups is 1. The van der Waals surface area contributed by atoms with E-state index in [-0.39, 0.29) is 11.9 Å². The Kier molecular flexibility index (Phi) is 6.98. The first-order valence-electron chi connectivity index (χ1n) is 11.9. The molecule has 8 heteroatoms. The summed E-state index contributed by atoms with van der Waals surface area (Å²) in [5.74, 6) is 0.647. The van der Waals surface area contributed by atoms with Crippen LogP contribution in [-0.2, 0) is 11.3 Å². The SMILES string of the molecule is CCCCCCN1C(N2CCN(Cc3cccc(C)c3)CC2)=NC2C1C(=O)NC(=O)N2C. The third kappa shape index (κ3) is 4.75. The van der Waals surface area contributed by atoms with E-state index >= 15 is 0 Å². The fourth-order valence-corrected chi connectivity index (χ4v) is 4.90. The lowest BCUT2D eigenvalue weighted by Gasteiger charge is -2.40. The molecule has 1 aromatic carbocycles. The molecule has 2 saturated heterocycles. The van der Waals surface area contributed by atoms with E-state index in [1.54, 1.807) is 11.9 Å². The van der Waals surface area contributed by atoms with Crippen LogP contribution < -0.4 is 5.32 Å². The summed E-state index contributed by atoms with van der Waals surface area (Å²) in [6, 6.07) is 7.90. The van der Waals surface area contributed by atoms with Gasteiger partial charge in [-0.3, -0.25) is 15.0 Å². The minimum absolute atomic E-state index is 0.231. The van der Waals surface area contributed by atoms with Crippen LogP contribution in [0.15, 0.2) is 29.3 Å². The highest BCUT2D eigenvalue weighted by Crippen LogP contribution is 2.26. The van der Waals surface area contributed by atoms with Gasteiger partial charge in [0.05, 0.1) is 0 Å². The molecule has 174 valence electrons. The van der Waals surface area contributed by atoms with Gasteiger partial charge in [-0.15, -0.1) is 0 Å². The first-order chi connectivity index (χ1) is 15.5. The van der Waals surface area contributed by atoms with Gasteiger partial charge >= 0.3 is 6.03 Å². The molecule has 1 N–H and O–H groups in total. The number of likely N-dealkylation sites (N-methyl/N-ethyl adjacent to an activating group) is 1. The summed E-state index contributed by atoms with van der Waals surface area (Å²) < 4.78 is 0. The molecule has 3 amide bonds. The monoisotopic (exact) mass is 440 g/mol. The van der Waals surface area contributed by atoms with Gasteiger partial charge < -0.3 is 14.7 Å². The molecular formula is C24H36N6O2. The minimum atomic E-state index is -0.442. The van der Waals surface area contributed by atoms with Gasteiger partial charge in [-0.25, -0.2) is 9.79 Å². The third-order valence-electron chi connectivity index (χ3n) is 6.74. The van der Waals surface area contributed by atoms with Crippen LogP contribution in [0, 0.1) is 6.92 Å². The maximum Gasteiger partial charge on any atom is 0.325 e. The zero-order chi connectivity index (χ0) is 22.7. The molecule has 0 spiro atoms. The molecule has 2 unspecified atom stereocenters. The van der Waals surface area contributed by atoms with Gasteiger partial charge in [-0.1, -0.05) is 56.0 Å². The van der Waals surface area contributed by atoms with Gasteiger partial charge in [0, 0.05) is 46.3 Å². The predicted molar refractivity (Wildman–Crippen MR) is 125 cm³/mol. The van der Waals surface area contributed by atoms with Crippen LogP contribution in [0.2, 0.25) is 0 Å². The number of rotatable bonds is 7. The highest BCUT2D eigenvalue weighted by atomic mass is 16.2. The summed E-state index contributed by atoms with van der Waals surface area (Å²) in [7, 11) is 1.72. The maximum absolute atomic E-state index is 12.7. The molecule has 3 aliphatic heterocycles. The van der Waals surface area contributed by atoms with Gasteiger partial charge in [0.1, 0.15) is 0 Å². The number of imide groups is 1. The quantitative estimate of drug-likeness (QED) is 0.659. The lowest BCUT2D eigenvalue weighted by atomic mass is 10.1. The first-order valence-corrected chi connectivity index (χ1v) is 11.9. The molecule has 2 fully saturated rings. The lowest BCUT2D eigenvalue weighted by Crippen LogP contribution is -2.64. The summed E-state index contributed by atoms with van der Waals surface area (Å²) >= 11 is 0. The molecule has 3 aliphatic rings. The fraction of sp³-hybridized carbons (Fsp3) is 0.625. The van der Waals surface area contributed by atoms with Crippen LogP contribution in [0.5, 0.6) is 0 Å². The van der Waals surface area contributed by atoms with Crippen molar-refractivity contribution in [1.82, 2.24) is 24.9 Å². The molecule has 0 radical (unpaired) electrons. The second-order valence-electron chi connectivity index (χ2n) is 9.20. The topological polar surface area (TPSA) is 71.5 Å². The van der Waals surface area contributed by atoms with Gasteiger partial charge in [0.15, 0.2) is 18.2 Å². The summed E-state index contributed by atoms with van der Waals surface area (Å²) in [6.07, 6.45) is 4.08. The number of carbonyl (C=O) groups excluding carboxylic acids is 2. The molecule has 0 aromatic heterocycles. The Balaban J connectivity index is 1.44. The molecule has 0 aliphatic carbocycles. The number of aliphatic imine (C=N–C) groups is 1. The van der Waals surface area contributed by atoms with E-state index in [1.807, 2.05) is 0 Å². The number of hydrogen-bond donors (Lipinski definition) is 1. The standard InChI is InChI=1S/C24H36N6O2/c1-4-5-6-7-11-30-20-21(27(3)24(32)26-22(20)31)25-23(30)29-14-12-28(13-15-29)17-19-10-8-9-18(2)16-19/h8-10,16,20-21H,4-7,11-15,17H2,1-3H3,(H,26,31,32). The number of guanidine groups is 1. The van der Waals surface area contributed by atoms with Crippen LogP contribution in [0.1, 0.15) is 43.7 Å². The Hall–Kier alpha value is -2.61. The number of amides is 3. The van der Waals surface area contributed by atoms with Gasteiger partial charge in [-0.2, -0.15) is 0 Å². The number of nitrogens with zero attached hydrogens (tertiary/aromatic N) is 5. The zero-order valence-corrected chi connectivity index (χ0v) is 19.6. The lowest BCUT2D eigenvalue weighted by molar-refractivity contribution is -0.127. The normalized spacial score (nSPS) is 24.0. The fourth-order valence-electron chi connectivity index (χ4n) is 4.90. The molecular weight excluding hydrogens is 404 g/mol. The number of carbonyl (C=O) groups is 2. The maximum atomic E-state index is 12.7. The second-order valence-corrected chi connectivity index (χ2v) is 9.20. The largest absolute Gasteiger partial charge is 0.340 e. The van der Waals surface area contributed by atoms with E-state index in [9.17, 15) is 9.59 Å². The second kappa shape index (κ2) is 9.90. The number of benzene rings is 1. The molecule has 3 heterocycles. The number of aryl methyl sites for hydroxylation is 1. The Labute approximate surface area is 191 Å². The van der Waals surface area contributed by atoms with E-state index in [4.69, 9.17) is 4.99 Å². The summed E-state index contributed by atoms with van der Waals surface area (Å²) in [5.41, 5.74) is 2.64. The molecule has 8 nitrogen and oxygen atoms in total. The van der Waals surface area contributed by atoms with Crippen molar-refractivity contribution in [1.29, 1.82) is 0 Å². The van der Waals surface area contributed by atoms with Crippen molar-refractivity contribution in [3.63, 3.8) is 0 Å². The van der Waals surface area contributed by atoms with Crippen LogP contribution >= 0.6 is 0 Å². The molecule has 2 atom stereocenters. The van der Waals surface area contributed by atoms with E-state index in [0.29, 0.717) is 0 Å². The number of unbranched alkanes of at least 4 members (excludes halogenated alkanes) is 3. The molecule has 1 aromatic rings. The number of hydrogen-bond acceptors (Lipinski definition) is 6. The van der Waals surface area contributed by atoms with Crippen LogP contribution in [-0.4, -0.2) is 89.5 Å². The van der Waals surface area contributed by atoms with E-state index in [0.717, 1.165) is 58.1 Å². The minimum Gasteiger partial charge on any atom is -0.340 e. The van der Waals surface area contributed by atoms with E-state index in [2.05, 4.69) is 58.1 Å². The van der Waals surface area contributed by atoms with Crippen molar-refractivity contribution in [2.45, 2.75) is 58.3 Å². The van der Waals surface area contributed by atoms with Crippen molar-refractivity contribution in [2.75, 3.05) is 39.8 Å². The average molecular weight is 441 g/mol. The van der Waals surface area contributed by atoms with Crippen LogP contribution in [0.25, 0.3) is 0 Å². The van der Waals surface area contributed by atoms with Crippen molar-refractivity contribution in [3.05, 3.63) is 35.4 Å². The highest BCUT2D eigenvalue weighted by Gasteiger charge is 2.49. The Bertz CT molecular complexity index is 864. The zero-order valence-electron chi connectivity index (χ0n) is 19.6. The highest BCUT2D eigenvalue weighted by molar-refractivity contribution is 6.03. The van der Waals surface area contributed by atoms with Gasteiger partial charge in [-0.05, 0) is 18.9 Å². The third-order valence-corrected chi connectivity index (χ3v) is 6.74. The summed E-state index contributed by atoms with van der Waals surface area (Å²) in [6.45, 7) is 9.71. The van der Waals surface area contributed by atoms with Crippen molar-refractivity contribution in [2.24, 2.45) is 4.99 Å². The van der Waals surface area contributed by atoms with Crippen LogP contribution in [0.4, 0.5) is 4.79 Å². The van der Waals surface area contributed by atoms with Crippen molar-refractivity contribution < 1.29 is 9.59 Å². The Morgan fingerprint density at radius 2 is 1.88 bits per heavy atom. The number of fused-ring (bicyclic) bond motifs is 1. The smallest absolute Gasteiger partial charge is 0.325 e. The molecule has 32 heavy (non-hydrogen) atoms. The van der Waals surface area contributed by atoms with E-state index < -0.39 is 12.2 Å². The van der Waals surface area contributed by atoms with Gasteiger partial charge in [0.25, 0.3) is 5.91 Å². The first kappa shape index (κ1) is 22.6. The molecule has 4 rings (SSSR count). The molecule has 0 bridgehead atoms. The number of piperazine rings is 1. The average Bonchev–Trinajstić information content (AvgIpc) is 3.16.